The third-order valence-corrected chi connectivity index (χ3v) is 3.98. The van der Waals surface area contributed by atoms with Gasteiger partial charge in [-0.05, 0) is 19.1 Å². The van der Waals surface area contributed by atoms with Gasteiger partial charge in [0, 0.05) is 10.9 Å². The topological polar surface area (TPSA) is 48.4 Å². The van der Waals surface area contributed by atoms with Crippen molar-refractivity contribution in [1.82, 2.24) is 4.98 Å². The Kier molecular flexibility index (Phi) is 4.68. The van der Waals surface area contributed by atoms with Crippen LogP contribution >= 0.6 is 11.3 Å². The van der Waals surface area contributed by atoms with Crippen molar-refractivity contribution >= 4 is 17.3 Å². The highest BCUT2D eigenvalue weighted by Gasteiger charge is 2.16. The van der Waals surface area contributed by atoms with Crippen molar-refractivity contribution in [3.63, 3.8) is 0 Å². The molecule has 3 rings (SSSR count). The minimum Gasteiger partial charge on any atom is -0.490 e. The average molecular weight is 325 g/mol. The van der Waals surface area contributed by atoms with Gasteiger partial charge in [0.2, 0.25) is 0 Å². The summed E-state index contributed by atoms with van der Waals surface area (Å²) in [5.74, 6) is 0.450. The van der Waals surface area contributed by atoms with Crippen LogP contribution in [0.15, 0.2) is 60.0 Å². The van der Waals surface area contributed by atoms with E-state index in [0.29, 0.717) is 23.8 Å². The number of carbonyl (C=O) groups excluding carboxylic acids is 1. The Morgan fingerprint density at radius 3 is 2.48 bits per heavy atom. The van der Waals surface area contributed by atoms with E-state index in [2.05, 4.69) is 4.98 Å². The van der Waals surface area contributed by atoms with E-state index in [0.717, 1.165) is 10.6 Å². The van der Waals surface area contributed by atoms with Crippen LogP contribution in [0.5, 0.6) is 11.5 Å². The molecule has 1 aromatic heterocycles. The summed E-state index contributed by atoms with van der Waals surface area (Å²) in [4.78, 5) is 16.6. The number of rotatable bonds is 5. The molecule has 23 heavy (non-hydrogen) atoms. The van der Waals surface area contributed by atoms with E-state index in [4.69, 9.17) is 9.47 Å². The Balaban J connectivity index is 1.78. The van der Waals surface area contributed by atoms with Gasteiger partial charge in [0.1, 0.15) is 5.01 Å². The summed E-state index contributed by atoms with van der Waals surface area (Å²) in [5.41, 5.74) is 1.27. The first-order chi connectivity index (χ1) is 11.3. The van der Waals surface area contributed by atoms with Crippen LogP contribution < -0.4 is 9.47 Å². The standard InChI is InChI=1S/C18H15NO3S/c1-2-21-15-10-6-7-11-16(15)22-18(20)14-12-23-17(19-14)13-8-4-3-5-9-13/h3-12H,2H2,1H3. The van der Waals surface area contributed by atoms with Crippen LogP contribution in [-0.4, -0.2) is 17.6 Å². The second kappa shape index (κ2) is 7.07. The van der Waals surface area contributed by atoms with Crippen LogP contribution in [0.1, 0.15) is 17.4 Å². The summed E-state index contributed by atoms with van der Waals surface area (Å²) in [6.07, 6.45) is 0. The van der Waals surface area contributed by atoms with Crippen LogP contribution in [0.3, 0.4) is 0 Å². The van der Waals surface area contributed by atoms with Crippen LogP contribution in [-0.2, 0) is 0 Å². The third-order valence-electron chi connectivity index (χ3n) is 3.09. The van der Waals surface area contributed by atoms with Crippen LogP contribution in [0, 0.1) is 0 Å². The van der Waals surface area contributed by atoms with Gasteiger partial charge in [0.25, 0.3) is 0 Å². The van der Waals surface area contributed by atoms with Crippen molar-refractivity contribution in [1.29, 1.82) is 0 Å². The molecule has 5 heteroatoms. The van der Waals surface area contributed by atoms with Gasteiger partial charge in [-0.2, -0.15) is 0 Å². The number of aromatic nitrogens is 1. The zero-order valence-electron chi connectivity index (χ0n) is 12.6. The first kappa shape index (κ1) is 15.2. The Labute approximate surface area is 138 Å². The fraction of sp³-hybridized carbons (Fsp3) is 0.111. The maximum Gasteiger partial charge on any atom is 0.363 e. The molecule has 0 aliphatic rings. The molecule has 0 saturated heterocycles. The smallest absolute Gasteiger partial charge is 0.363 e. The minimum atomic E-state index is -0.490. The molecule has 3 aromatic rings. The normalized spacial score (nSPS) is 10.3. The van der Waals surface area contributed by atoms with Crippen molar-refractivity contribution in [2.24, 2.45) is 0 Å². The third kappa shape index (κ3) is 3.57. The van der Waals surface area contributed by atoms with Crippen molar-refractivity contribution in [2.75, 3.05) is 6.61 Å². The highest BCUT2D eigenvalue weighted by Crippen LogP contribution is 2.28. The number of thiazole rings is 1. The number of ether oxygens (including phenoxy) is 2. The fourth-order valence-electron chi connectivity index (χ4n) is 2.04. The summed E-state index contributed by atoms with van der Waals surface area (Å²) >= 11 is 1.41. The predicted octanol–water partition coefficient (Wildman–Crippen LogP) is 4.43. The number of carbonyl (C=O) groups is 1. The average Bonchev–Trinajstić information content (AvgIpc) is 3.08. The molecular weight excluding hydrogens is 310 g/mol. The predicted molar refractivity (Wildman–Crippen MR) is 90.1 cm³/mol. The van der Waals surface area contributed by atoms with Gasteiger partial charge in [-0.3, -0.25) is 0 Å². The van der Waals surface area contributed by atoms with Gasteiger partial charge in [-0.1, -0.05) is 42.5 Å². The van der Waals surface area contributed by atoms with Crippen LogP contribution in [0.4, 0.5) is 0 Å². The largest absolute Gasteiger partial charge is 0.490 e. The molecule has 0 unspecified atom stereocenters. The summed E-state index contributed by atoms with van der Waals surface area (Å²) in [6.45, 7) is 2.38. The molecule has 0 aliphatic heterocycles. The van der Waals surface area contributed by atoms with Gasteiger partial charge in [-0.25, -0.2) is 9.78 Å². The maximum atomic E-state index is 12.3. The molecule has 4 nitrogen and oxygen atoms in total. The molecule has 0 N–H and O–H groups in total. The summed E-state index contributed by atoms with van der Waals surface area (Å²) < 4.78 is 10.9. The molecular formula is C18H15NO3S. The van der Waals surface area contributed by atoms with E-state index < -0.39 is 5.97 Å². The van der Waals surface area contributed by atoms with Gasteiger partial charge in [0.05, 0.1) is 6.61 Å². The molecule has 0 spiro atoms. The molecule has 0 bridgehead atoms. The van der Waals surface area contributed by atoms with Crippen molar-refractivity contribution in [2.45, 2.75) is 6.92 Å². The van der Waals surface area contributed by atoms with Crippen molar-refractivity contribution in [3.8, 4) is 22.1 Å². The number of nitrogens with zero attached hydrogens (tertiary/aromatic N) is 1. The van der Waals surface area contributed by atoms with Crippen molar-refractivity contribution in [3.05, 3.63) is 65.7 Å². The van der Waals surface area contributed by atoms with E-state index in [-0.39, 0.29) is 0 Å². The first-order valence-corrected chi connectivity index (χ1v) is 8.11. The molecule has 0 amide bonds. The lowest BCUT2D eigenvalue weighted by Crippen LogP contribution is -2.10. The highest BCUT2D eigenvalue weighted by molar-refractivity contribution is 7.13. The molecule has 0 aliphatic carbocycles. The second-order valence-electron chi connectivity index (χ2n) is 4.67. The zero-order chi connectivity index (χ0) is 16.1. The van der Waals surface area contributed by atoms with E-state index in [1.165, 1.54) is 11.3 Å². The fourth-order valence-corrected chi connectivity index (χ4v) is 2.84. The summed E-state index contributed by atoms with van der Waals surface area (Å²) in [5, 5.41) is 2.49. The molecule has 0 radical (unpaired) electrons. The van der Waals surface area contributed by atoms with Gasteiger partial charge >= 0.3 is 5.97 Å². The molecule has 2 aromatic carbocycles. The Morgan fingerprint density at radius 2 is 1.74 bits per heavy atom. The lowest BCUT2D eigenvalue weighted by Gasteiger charge is -2.09. The van der Waals surface area contributed by atoms with E-state index in [1.807, 2.05) is 43.3 Å². The van der Waals surface area contributed by atoms with Crippen molar-refractivity contribution < 1.29 is 14.3 Å². The minimum absolute atomic E-state index is 0.292. The Morgan fingerprint density at radius 1 is 1.04 bits per heavy atom. The van der Waals surface area contributed by atoms with Gasteiger partial charge < -0.3 is 9.47 Å². The highest BCUT2D eigenvalue weighted by atomic mass is 32.1. The van der Waals surface area contributed by atoms with Crippen LogP contribution in [0.25, 0.3) is 10.6 Å². The van der Waals surface area contributed by atoms with E-state index in [9.17, 15) is 4.79 Å². The molecule has 1 heterocycles. The van der Waals surface area contributed by atoms with Gasteiger partial charge in [0.15, 0.2) is 17.2 Å². The molecule has 116 valence electrons. The number of esters is 1. The maximum absolute atomic E-state index is 12.3. The number of benzene rings is 2. The molecule has 0 saturated carbocycles. The number of hydrogen-bond donors (Lipinski definition) is 0. The Hall–Kier alpha value is -2.66. The summed E-state index contributed by atoms with van der Waals surface area (Å²) in [6, 6.07) is 16.8. The number of hydrogen-bond acceptors (Lipinski definition) is 5. The number of para-hydroxylation sites is 2. The zero-order valence-corrected chi connectivity index (χ0v) is 13.4. The van der Waals surface area contributed by atoms with E-state index in [1.54, 1.807) is 23.6 Å². The SMILES string of the molecule is CCOc1ccccc1OC(=O)c1csc(-c2ccccc2)n1. The second-order valence-corrected chi connectivity index (χ2v) is 5.53. The van der Waals surface area contributed by atoms with Gasteiger partial charge in [-0.15, -0.1) is 11.3 Å². The lowest BCUT2D eigenvalue weighted by atomic mass is 10.2. The Bertz CT molecular complexity index is 799. The lowest BCUT2D eigenvalue weighted by molar-refractivity contribution is 0.0723. The first-order valence-electron chi connectivity index (χ1n) is 7.23. The molecule has 0 fully saturated rings. The van der Waals surface area contributed by atoms with Crippen LogP contribution in [0.2, 0.25) is 0 Å². The molecule has 0 atom stereocenters. The quantitative estimate of drug-likeness (QED) is 0.514. The van der Waals surface area contributed by atoms with E-state index >= 15 is 0 Å². The monoisotopic (exact) mass is 325 g/mol. The summed E-state index contributed by atoms with van der Waals surface area (Å²) in [7, 11) is 0.